The first-order valence-corrected chi connectivity index (χ1v) is 10.5. The minimum absolute atomic E-state index is 0.0521. The number of benzene rings is 2. The largest absolute Gasteiger partial charge is 0.506 e. The fraction of sp³-hybridized carbons (Fsp3) is 0.364. The second kappa shape index (κ2) is 9.99. The van der Waals surface area contributed by atoms with Crippen LogP contribution in [0.15, 0.2) is 36.4 Å². The third-order valence-electron chi connectivity index (χ3n) is 5.60. The first-order valence-electron chi connectivity index (χ1n) is 10.5. The normalized spacial score (nSPS) is 16.5. The van der Waals surface area contributed by atoms with Gasteiger partial charge in [-0.3, -0.25) is 19.8 Å². The lowest BCUT2D eigenvalue weighted by Crippen LogP contribution is -2.53. The van der Waals surface area contributed by atoms with Gasteiger partial charge in [0.1, 0.15) is 17.8 Å². The average Bonchev–Trinajstić information content (AvgIpc) is 3.26. The number of primary amides is 1. The van der Waals surface area contributed by atoms with Gasteiger partial charge >= 0.3 is 0 Å². The lowest BCUT2D eigenvalue weighted by Gasteiger charge is -2.28. The predicted octanol–water partition coefficient (Wildman–Crippen LogP) is 0.383. The Kier molecular flexibility index (Phi) is 7.14. The molecule has 0 saturated carbocycles. The van der Waals surface area contributed by atoms with Crippen molar-refractivity contribution in [2.75, 3.05) is 13.1 Å². The van der Waals surface area contributed by atoms with Crippen molar-refractivity contribution < 1.29 is 19.5 Å². The van der Waals surface area contributed by atoms with Crippen molar-refractivity contribution in [3.05, 3.63) is 42.0 Å². The highest BCUT2D eigenvalue weighted by Crippen LogP contribution is 2.28. The molecule has 1 aliphatic heterocycles. The van der Waals surface area contributed by atoms with Crippen LogP contribution in [0.5, 0.6) is 5.75 Å². The fourth-order valence-corrected chi connectivity index (χ4v) is 3.99. The van der Waals surface area contributed by atoms with E-state index in [9.17, 15) is 19.5 Å². The topological polar surface area (TPSA) is 175 Å². The zero-order valence-corrected chi connectivity index (χ0v) is 17.6. The molecule has 0 aliphatic carbocycles. The Bertz CT molecular complexity index is 1040. The van der Waals surface area contributed by atoms with Crippen LogP contribution in [-0.2, 0) is 9.59 Å². The number of hydrogen-bond acceptors (Lipinski definition) is 5. The molecule has 2 unspecified atom stereocenters. The van der Waals surface area contributed by atoms with E-state index in [-0.39, 0.29) is 23.7 Å². The Labute approximate surface area is 185 Å². The highest BCUT2D eigenvalue weighted by atomic mass is 16.3. The number of nitrogens with one attached hydrogen (secondary N) is 3. The zero-order valence-electron chi connectivity index (χ0n) is 17.6. The van der Waals surface area contributed by atoms with Crippen LogP contribution >= 0.6 is 0 Å². The quantitative estimate of drug-likeness (QED) is 0.196. The molecular formula is C22H28N6O4. The number of phenolic OH excluding ortho intramolecular Hbond substituents is 1. The zero-order chi connectivity index (χ0) is 23.3. The van der Waals surface area contributed by atoms with Crippen LogP contribution in [0.3, 0.4) is 0 Å². The summed E-state index contributed by atoms with van der Waals surface area (Å²) in [5, 5.41) is 24.5. The van der Waals surface area contributed by atoms with Gasteiger partial charge in [0.15, 0.2) is 5.96 Å². The van der Waals surface area contributed by atoms with E-state index in [0.717, 1.165) is 5.39 Å². The monoisotopic (exact) mass is 440 g/mol. The number of rotatable bonds is 8. The number of carbonyl (C=O) groups excluding carboxylic acids is 3. The number of hydrogen-bond donors (Lipinski definition) is 6. The van der Waals surface area contributed by atoms with Gasteiger partial charge in [0, 0.05) is 18.5 Å². The summed E-state index contributed by atoms with van der Waals surface area (Å²) >= 11 is 0. The Balaban J connectivity index is 1.80. The molecule has 8 N–H and O–H groups in total. The molecule has 1 saturated heterocycles. The highest BCUT2D eigenvalue weighted by molar-refractivity contribution is 6.05. The number of amides is 3. The number of fused-ring (bicyclic) bond motifs is 1. The van der Waals surface area contributed by atoms with Crippen LogP contribution in [0.25, 0.3) is 10.8 Å². The second-order valence-electron chi connectivity index (χ2n) is 7.78. The molecule has 170 valence electrons. The van der Waals surface area contributed by atoms with Crippen molar-refractivity contribution in [1.29, 1.82) is 5.41 Å². The fourth-order valence-electron chi connectivity index (χ4n) is 3.99. The first kappa shape index (κ1) is 22.9. The highest BCUT2D eigenvalue weighted by Gasteiger charge is 2.36. The SMILES string of the molecule is N=C(N)NCCCC(NC(=O)c1ccc2ccccc2c1O)C(=O)N1CCCC1C(N)=O. The van der Waals surface area contributed by atoms with Crippen LogP contribution in [0.2, 0.25) is 0 Å². The predicted molar refractivity (Wildman–Crippen MR) is 120 cm³/mol. The summed E-state index contributed by atoms with van der Waals surface area (Å²) < 4.78 is 0. The molecule has 3 amide bonds. The van der Waals surface area contributed by atoms with Crippen LogP contribution in [0.1, 0.15) is 36.0 Å². The maximum atomic E-state index is 13.2. The van der Waals surface area contributed by atoms with Crippen molar-refractivity contribution in [3.63, 3.8) is 0 Å². The molecule has 2 atom stereocenters. The summed E-state index contributed by atoms with van der Waals surface area (Å²) in [6, 6.07) is 8.72. The molecule has 1 aliphatic rings. The first-order chi connectivity index (χ1) is 15.3. The number of carbonyl (C=O) groups is 3. The maximum absolute atomic E-state index is 13.2. The number of aromatic hydroxyl groups is 1. The minimum Gasteiger partial charge on any atom is -0.506 e. The molecule has 0 aromatic heterocycles. The van der Waals surface area contributed by atoms with Gasteiger partial charge < -0.3 is 32.1 Å². The van der Waals surface area contributed by atoms with E-state index in [4.69, 9.17) is 16.9 Å². The summed E-state index contributed by atoms with van der Waals surface area (Å²) in [4.78, 5) is 39.4. The van der Waals surface area contributed by atoms with E-state index in [1.54, 1.807) is 18.2 Å². The molecule has 32 heavy (non-hydrogen) atoms. The molecule has 10 heteroatoms. The Morgan fingerprint density at radius 3 is 2.66 bits per heavy atom. The summed E-state index contributed by atoms with van der Waals surface area (Å²) in [6.45, 7) is 0.723. The molecule has 1 fully saturated rings. The lowest BCUT2D eigenvalue weighted by atomic mass is 10.0. The van der Waals surface area contributed by atoms with E-state index < -0.39 is 29.8 Å². The van der Waals surface area contributed by atoms with E-state index in [0.29, 0.717) is 37.7 Å². The van der Waals surface area contributed by atoms with Gasteiger partial charge in [0.05, 0.1) is 5.56 Å². The smallest absolute Gasteiger partial charge is 0.255 e. The van der Waals surface area contributed by atoms with Gasteiger partial charge in [-0.2, -0.15) is 0 Å². The maximum Gasteiger partial charge on any atom is 0.255 e. The van der Waals surface area contributed by atoms with Gasteiger partial charge in [-0.05, 0) is 37.1 Å². The van der Waals surface area contributed by atoms with Crippen LogP contribution in [0, 0.1) is 5.41 Å². The molecular weight excluding hydrogens is 412 g/mol. The molecule has 3 rings (SSSR count). The van der Waals surface area contributed by atoms with Crippen molar-refractivity contribution in [3.8, 4) is 5.75 Å². The van der Waals surface area contributed by atoms with Crippen LogP contribution < -0.4 is 22.1 Å². The van der Waals surface area contributed by atoms with E-state index in [1.807, 2.05) is 12.1 Å². The van der Waals surface area contributed by atoms with Crippen molar-refractivity contribution in [2.24, 2.45) is 11.5 Å². The van der Waals surface area contributed by atoms with Gasteiger partial charge in [-0.1, -0.05) is 30.3 Å². The molecule has 2 aromatic rings. The number of likely N-dealkylation sites (tertiary alicyclic amines) is 1. The number of phenols is 1. The summed E-state index contributed by atoms with van der Waals surface area (Å²) in [6.07, 6.45) is 1.83. The van der Waals surface area contributed by atoms with Gasteiger partial charge in [0.2, 0.25) is 11.8 Å². The summed E-state index contributed by atoms with van der Waals surface area (Å²) in [5.74, 6) is -1.93. The van der Waals surface area contributed by atoms with Gasteiger partial charge in [0.25, 0.3) is 5.91 Å². The number of guanidine groups is 1. The minimum atomic E-state index is -0.929. The molecule has 0 spiro atoms. The van der Waals surface area contributed by atoms with Crippen molar-refractivity contribution in [1.82, 2.24) is 15.5 Å². The average molecular weight is 441 g/mol. The van der Waals surface area contributed by atoms with Crippen molar-refractivity contribution in [2.45, 2.75) is 37.8 Å². The van der Waals surface area contributed by atoms with Crippen molar-refractivity contribution >= 4 is 34.5 Å². The second-order valence-corrected chi connectivity index (χ2v) is 7.78. The molecule has 0 bridgehead atoms. The molecule has 2 aromatic carbocycles. The van der Waals surface area contributed by atoms with Gasteiger partial charge in [-0.25, -0.2) is 0 Å². The van der Waals surface area contributed by atoms with Crippen LogP contribution in [0.4, 0.5) is 0 Å². The standard InChI is InChI=1S/C22H28N6O4/c23-19(30)17-8-4-12-28(17)21(32)16(7-3-11-26-22(24)25)27-20(31)15-10-9-13-5-1-2-6-14(13)18(15)29/h1-2,5-6,9-10,16-17,29H,3-4,7-8,11-12H2,(H2,23,30)(H,27,31)(H4,24,25,26). The van der Waals surface area contributed by atoms with E-state index in [1.165, 1.54) is 11.0 Å². The third kappa shape index (κ3) is 5.08. The van der Waals surface area contributed by atoms with Crippen LogP contribution in [-0.4, -0.2) is 58.9 Å². The third-order valence-corrected chi connectivity index (χ3v) is 5.60. The lowest BCUT2D eigenvalue weighted by molar-refractivity contribution is -0.139. The number of nitrogens with two attached hydrogens (primary N) is 2. The Hall–Kier alpha value is -3.82. The van der Waals surface area contributed by atoms with E-state index in [2.05, 4.69) is 10.6 Å². The van der Waals surface area contributed by atoms with Gasteiger partial charge in [-0.15, -0.1) is 0 Å². The summed E-state index contributed by atoms with van der Waals surface area (Å²) in [7, 11) is 0. The number of nitrogens with zero attached hydrogens (tertiary/aromatic N) is 1. The Morgan fingerprint density at radius 2 is 1.94 bits per heavy atom. The van der Waals surface area contributed by atoms with E-state index >= 15 is 0 Å². The molecule has 1 heterocycles. The Morgan fingerprint density at radius 1 is 1.19 bits per heavy atom. The summed E-state index contributed by atoms with van der Waals surface area (Å²) in [5.41, 5.74) is 10.8. The molecule has 0 radical (unpaired) electrons. The molecule has 10 nitrogen and oxygen atoms in total.